The van der Waals surface area contributed by atoms with Crippen LogP contribution in [0.4, 0.5) is 0 Å². The molecule has 1 saturated heterocycles. The zero-order valence-corrected chi connectivity index (χ0v) is 12.9. The van der Waals surface area contributed by atoms with Crippen molar-refractivity contribution in [1.29, 1.82) is 0 Å². The average Bonchev–Trinajstić information content (AvgIpc) is 2.94. The number of nitrogens with one attached hydrogen (secondary N) is 1. The second-order valence-corrected chi connectivity index (χ2v) is 6.12. The van der Waals surface area contributed by atoms with Crippen molar-refractivity contribution in [2.75, 3.05) is 26.8 Å². The molecule has 1 aliphatic rings. The van der Waals surface area contributed by atoms with Gasteiger partial charge < -0.3 is 10.1 Å². The Hall–Kier alpha value is -0.970. The molecular formula is C16H27N3O. The van der Waals surface area contributed by atoms with Gasteiger partial charge in [0.1, 0.15) is 0 Å². The van der Waals surface area contributed by atoms with Crippen LogP contribution in [-0.2, 0) is 17.8 Å². The van der Waals surface area contributed by atoms with Gasteiger partial charge in [-0.25, -0.2) is 0 Å². The summed E-state index contributed by atoms with van der Waals surface area (Å²) in [7, 11) is 2.15. The topological polar surface area (TPSA) is 37.4 Å². The van der Waals surface area contributed by atoms with Crippen molar-refractivity contribution in [1.82, 2.24) is 15.2 Å². The van der Waals surface area contributed by atoms with Gasteiger partial charge in [-0.3, -0.25) is 9.88 Å². The molecule has 0 bridgehead atoms. The summed E-state index contributed by atoms with van der Waals surface area (Å²) in [5, 5.41) is 3.44. The van der Waals surface area contributed by atoms with Gasteiger partial charge in [-0.1, -0.05) is 19.9 Å². The largest absolute Gasteiger partial charge is 0.380 e. The zero-order chi connectivity index (χ0) is 14.4. The molecule has 1 atom stereocenters. The molecule has 4 nitrogen and oxygen atoms in total. The maximum Gasteiger partial charge on any atom is 0.0622 e. The summed E-state index contributed by atoms with van der Waals surface area (Å²) in [5.41, 5.74) is 2.38. The van der Waals surface area contributed by atoms with E-state index in [1.54, 1.807) is 0 Å². The van der Waals surface area contributed by atoms with Crippen LogP contribution in [0.5, 0.6) is 0 Å². The number of nitrogens with zero attached hydrogens (tertiary/aromatic N) is 2. The third-order valence-corrected chi connectivity index (χ3v) is 3.71. The number of aromatic nitrogens is 1. The molecule has 1 unspecified atom stereocenters. The van der Waals surface area contributed by atoms with E-state index in [4.69, 9.17) is 4.74 Å². The van der Waals surface area contributed by atoms with Gasteiger partial charge in [-0.15, -0.1) is 0 Å². The Morgan fingerprint density at radius 3 is 2.90 bits per heavy atom. The number of rotatable bonds is 7. The van der Waals surface area contributed by atoms with Crippen molar-refractivity contribution in [3.05, 3.63) is 29.6 Å². The first kappa shape index (κ1) is 15.4. The molecule has 2 rings (SSSR count). The first-order valence-electron chi connectivity index (χ1n) is 7.57. The van der Waals surface area contributed by atoms with Crippen LogP contribution in [0.2, 0.25) is 0 Å². The summed E-state index contributed by atoms with van der Waals surface area (Å²) < 4.78 is 5.43. The lowest BCUT2D eigenvalue weighted by atomic mass is 10.2. The van der Waals surface area contributed by atoms with Gasteiger partial charge in [0.05, 0.1) is 12.3 Å². The van der Waals surface area contributed by atoms with Crippen molar-refractivity contribution < 1.29 is 4.74 Å². The molecule has 0 radical (unpaired) electrons. The van der Waals surface area contributed by atoms with Crippen LogP contribution in [0.3, 0.4) is 0 Å². The lowest BCUT2D eigenvalue weighted by molar-refractivity contribution is 0.155. The second kappa shape index (κ2) is 7.72. The van der Waals surface area contributed by atoms with Crippen LogP contribution in [0, 0.1) is 5.92 Å². The highest BCUT2D eigenvalue weighted by atomic mass is 16.5. The highest BCUT2D eigenvalue weighted by Gasteiger charge is 2.20. The van der Waals surface area contributed by atoms with Gasteiger partial charge in [0.2, 0.25) is 0 Å². The molecular weight excluding hydrogens is 250 g/mol. The number of hydrogen-bond acceptors (Lipinski definition) is 4. The van der Waals surface area contributed by atoms with Gasteiger partial charge in [0, 0.05) is 31.9 Å². The Balaban J connectivity index is 1.78. The van der Waals surface area contributed by atoms with E-state index in [1.165, 1.54) is 5.56 Å². The van der Waals surface area contributed by atoms with E-state index in [0.717, 1.165) is 45.0 Å². The maximum absolute atomic E-state index is 5.43. The van der Waals surface area contributed by atoms with Gasteiger partial charge >= 0.3 is 0 Å². The Bertz CT molecular complexity index is 385. The van der Waals surface area contributed by atoms with Gasteiger partial charge in [-0.2, -0.15) is 0 Å². The SMILES string of the molecule is CC(C)CNCc1ccc(CN(C)C2CCOC2)nc1. The van der Waals surface area contributed by atoms with Crippen LogP contribution in [-0.4, -0.2) is 42.7 Å². The van der Waals surface area contributed by atoms with Crippen LogP contribution in [0.25, 0.3) is 0 Å². The number of hydrogen-bond donors (Lipinski definition) is 1. The maximum atomic E-state index is 5.43. The highest BCUT2D eigenvalue weighted by molar-refractivity contribution is 5.14. The molecule has 1 aromatic rings. The Morgan fingerprint density at radius 2 is 2.30 bits per heavy atom. The summed E-state index contributed by atoms with van der Waals surface area (Å²) in [6.07, 6.45) is 3.12. The fraction of sp³-hybridized carbons (Fsp3) is 0.688. The van der Waals surface area contributed by atoms with Crippen molar-refractivity contribution in [2.24, 2.45) is 5.92 Å². The van der Waals surface area contributed by atoms with Gasteiger partial charge in [0.15, 0.2) is 0 Å². The van der Waals surface area contributed by atoms with Crippen LogP contribution < -0.4 is 5.32 Å². The Morgan fingerprint density at radius 1 is 1.45 bits per heavy atom. The van der Waals surface area contributed by atoms with E-state index in [0.29, 0.717) is 12.0 Å². The fourth-order valence-corrected chi connectivity index (χ4v) is 2.41. The minimum Gasteiger partial charge on any atom is -0.380 e. The highest BCUT2D eigenvalue weighted by Crippen LogP contribution is 2.13. The van der Waals surface area contributed by atoms with Crippen LogP contribution >= 0.6 is 0 Å². The first-order valence-corrected chi connectivity index (χ1v) is 7.57. The molecule has 1 aliphatic heterocycles. The third kappa shape index (κ3) is 4.85. The minimum absolute atomic E-state index is 0.546. The molecule has 0 amide bonds. The van der Waals surface area contributed by atoms with Gasteiger partial charge in [-0.05, 0) is 37.6 Å². The lowest BCUT2D eigenvalue weighted by Gasteiger charge is -2.22. The predicted molar refractivity (Wildman–Crippen MR) is 81.5 cm³/mol. The molecule has 0 aromatic carbocycles. The van der Waals surface area contributed by atoms with Crippen molar-refractivity contribution >= 4 is 0 Å². The van der Waals surface area contributed by atoms with E-state index in [-0.39, 0.29) is 0 Å². The molecule has 20 heavy (non-hydrogen) atoms. The molecule has 112 valence electrons. The van der Waals surface area contributed by atoms with E-state index in [1.807, 2.05) is 6.20 Å². The second-order valence-electron chi connectivity index (χ2n) is 6.12. The Labute approximate surface area is 122 Å². The van der Waals surface area contributed by atoms with E-state index >= 15 is 0 Å². The summed E-state index contributed by atoms with van der Waals surface area (Å²) in [4.78, 5) is 6.90. The van der Waals surface area contributed by atoms with Crippen molar-refractivity contribution in [3.8, 4) is 0 Å². The monoisotopic (exact) mass is 277 g/mol. The summed E-state index contributed by atoms with van der Waals surface area (Å²) in [6, 6.07) is 4.86. The number of ether oxygens (including phenoxy) is 1. The van der Waals surface area contributed by atoms with Crippen LogP contribution in [0.1, 0.15) is 31.5 Å². The zero-order valence-electron chi connectivity index (χ0n) is 12.9. The van der Waals surface area contributed by atoms with E-state index < -0.39 is 0 Å². The smallest absolute Gasteiger partial charge is 0.0622 e. The number of pyridine rings is 1. The summed E-state index contributed by atoms with van der Waals surface area (Å²) >= 11 is 0. The standard InChI is InChI=1S/C16H27N3O/c1-13(2)8-17-9-14-4-5-15(18-10-14)11-19(3)16-6-7-20-12-16/h4-5,10,13,16-17H,6-9,11-12H2,1-3H3. The fourth-order valence-electron chi connectivity index (χ4n) is 2.41. The summed E-state index contributed by atoms with van der Waals surface area (Å²) in [5.74, 6) is 0.685. The molecule has 0 saturated carbocycles. The first-order chi connectivity index (χ1) is 9.65. The molecule has 1 N–H and O–H groups in total. The van der Waals surface area contributed by atoms with E-state index in [9.17, 15) is 0 Å². The molecule has 1 fully saturated rings. The molecule has 2 heterocycles. The number of likely N-dealkylation sites (N-methyl/N-ethyl adjacent to an activating group) is 1. The van der Waals surface area contributed by atoms with Gasteiger partial charge in [0.25, 0.3) is 0 Å². The van der Waals surface area contributed by atoms with Crippen molar-refractivity contribution in [3.63, 3.8) is 0 Å². The lowest BCUT2D eigenvalue weighted by Crippen LogP contribution is -2.31. The third-order valence-electron chi connectivity index (χ3n) is 3.71. The molecule has 1 aromatic heterocycles. The van der Waals surface area contributed by atoms with Crippen molar-refractivity contribution in [2.45, 2.75) is 39.4 Å². The minimum atomic E-state index is 0.546. The normalized spacial score (nSPS) is 19.1. The molecule has 0 aliphatic carbocycles. The van der Waals surface area contributed by atoms with Crippen LogP contribution in [0.15, 0.2) is 18.3 Å². The molecule has 0 spiro atoms. The quantitative estimate of drug-likeness (QED) is 0.828. The average molecular weight is 277 g/mol. The molecule has 4 heteroatoms. The predicted octanol–water partition coefficient (Wildman–Crippen LogP) is 2.05. The Kier molecular flexibility index (Phi) is 5.95. The summed E-state index contributed by atoms with van der Waals surface area (Å²) in [6.45, 7) is 9.03. The van der Waals surface area contributed by atoms with E-state index in [2.05, 4.69) is 48.2 Å².